The molecule has 0 fully saturated rings. The summed E-state index contributed by atoms with van der Waals surface area (Å²) < 4.78 is 47.4. The highest BCUT2D eigenvalue weighted by Gasteiger charge is 2.39. The van der Waals surface area contributed by atoms with Gasteiger partial charge < -0.3 is 10.1 Å². The zero-order valence-electron chi connectivity index (χ0n) is 19.8. The summed E-state index contributed by atoms with van der Waals surface area (Å²) in [5.74, 6) is -0.146. The summed E-state index contributed by atoms with van der Waals surface area (Å²) in [6.45, 7) is 1.92. The minimum Gasteiger partial charge on any atom is -0.424 e. The fourth-order valence-electron chi connectivity index (χ4n) is 3.59. The van der Waals surface area contributed by atoms with E-state index in [1.165, 1.54) is 12.3 Å². The monoisotopic (exact) mass is 516 g/mol. The van der Waals surface area contributed by atoms with Crippen LogP contribution in [-0.2, 0) is 6.18 Å². The van der Waals surface area contributed by atoms with Gasteiger partial charge in [-0.1, -0.05) is 36.4 Å². The molecule has 0 saturated carbocycles. The van der Waals surface area contributed by atoms with Crippen LogP contribution in [0.4, 0.5) is 18.9 Å². The normalized spacial score (nSPS) is 11.3. The quantitative estimate of drug-likeness (QED) is 0.293. The van der Waals surface area contributed by atoms with E-state index >= 15 is 0 Å². The predicted molar refractivity (Wildman–Crippen MR) is 133 cm³/mol. The first-order valence-electron chi connectivity index (χ1n) is 11.3. The van der Waals surface area contributed by atoms with Gasteiger partial charge in [-0.05, 0) is 48.4 Å². The standard InChI is InChI=1S/C27H19F3N6O2/c1-17-6-2-3-7-22(17)38-26-32-14-19(15-33-26)18-9-11-20(12-10-18)34-25(37)21-16-36(23-8-4-5-13-31-23)35-24(21)27(28,29)30/h2-16H,1H3,(H,34,37). The van der Waals surface area contributed by atoms with Gasteiger partial charge >= 0.3 is 12.2 Å². The third-order valence-corrected chi connectivity index (χ3v) is 5.51. The van der Waals surface area contributed by atoms with Crippen molar-refractivity contribution >= 4 is 11.6 Å². The average molecular weight is 516 g/mol. The van der Waals surface area contributed by atoms with Gasteiger partial charge in [0.2, 0.25) is 0 Å². The van der Waals surface area contributed by atoms with Crippen LogP contribution in [-0.4, -0.2) is 30.6 Å². The third-order valence-electron chi connectivity index (χ3n) is 5.51. The van der Waals surface area contributed by atoms with E-state index in [1.807, 2.05) is 31.2 Å². The van der Waals surface area contributed by atoms with E-state index in [4.69, 9.17) is 4.74 Å². The van der Waals surface area contributed by atoms with Crippen LogP contribution in [0.3, 0.4) is 0 Å². The van der Waals surface area contributed by atoms with Gasteiger partial charge in [0.1, 0.15) is 5.75 Å². The molecule has 0 atom stereocenters. The Morgan fingerprint density at radius 3 is 2.26 bits per heavy atom. The number of rotatable bonds is 6. The van der Waals surface area contributed by atoms with E-state index in [0.717, 1.165) is 22.0 Å². The summed E-state index contributed by atoms with van der Waals surface area (Å²) in [7, 11) is 0. The summed E-state index contributed by atoms with van der Waals surface area (Å²) in [6.07, 6.45) is 0.783. The number of carbonyl (C=O) groups excluding carboxylic acids is 1. The van der Waals surface area contributed by atoms with Crippen LogP contribution in [0.5, 0.6) is 11.8 Å². The summed E-state index contributed by atoms with van der Waals surface area (Å²) in [5.41, 5.74) is 0.759. The topological polar surface area (TPSA) is 94.8 Å². The maximum absolute atomic E-state index is 13.6. The van der Waals surface area contributed by atoms with Gasteiger partial charge in [-0.3, -0.25) is 4.79 Å². The molecule has 5 rings (SSSR count). The van der Waals surface area contributed by atoms with Crippen LogP contribution in [0, 0.1) is 6.92 Å². The van der Waals surface area contributed by atoms with Gasteiger partial charge in [-0.25, -0.2) is 19.6 Å². The van der Waals surface area contributed by atoms with Crippen LogP contribution >= 0.6 is 0 Å². The third kappa shape index (κ3) is 5.36. The Kier molecular flexibility index (Phi) is 6.56. The van der Waals surface area contributed by atoms with Gasteiger partial charge in [0.25, 0.3) is 5.91 Å². The number of benzene rings is 2. The Hall–Kier alpha value is -5.06. The zero-order chi connectivity index (χ0) is 26.7. The van der Waals surface area contributed by atoms with Crippen LogP contribution in [0.15, 0.2) is 91.5 Å². The van der Waals surface area contributed by atoms with E-state index in [2.05, 4.69) is 25.4 Å². The number of ether oxygens (including phenoxy) is 1. The van der Waals surface area contributed by atoms with Crippen molar-refractivity contribution in [2.75, 3.05) is 5.32 Å². The number of hydrogen-bond acceptors (Lipinski definition) is 6. The van der Waals surface area contributed by atoms with Crippen molar-refractivity contribution in [1.82, 2.24) is 24.7 Å². The molecule has 0 radical (unpaired) electrons. The molecule has 0 unspecified atom stereocenters. The van der Waals surface area contributed by atoms with Crippen molar-refractivity contribution in [3.63, 3.8) is 0 Å². The van der Waals surface area contributed by atoms with Crippen LogP contribution in [0.25, 0.3) is 16.9 Å². The van der Waals surface area contributed by atoms with Gasteiger partial charge in [-0.15, -0.1) is 0 Å². The van der Waals surface area contributed by atoms with Crippen molar-refractivity contribution in [3.8, 4) is 28.7 Å². The molecule has 11 heteroatoms. The number of amides is 1. The molecule has 1 N–H and O–H groups in total. The molecule has 0 saturated heterocycles. The number of aryl methyl sites for hydroxylation is 1. The van der Waals surface area contributed by atoms with Crippen LogP contribution in [0.1, 0.15) is 21.6 Å². The van der Waals surface area contributed by atoms with E-state index in [1.54, 1.807) is 48.8 Å². The van der Waals surface area contributed by atoms with E-state index < -0.39 is 23.3 Å². The highest BCUT2D eigenvalue weighted by atomic mass is 19.4. The van der Waals surface area contributed by atoms with Crippen LogP contribution < -0.4 is 10.1 Å². The minimum absolute atomic E-state index is 0.152. The molecule has 1 amide bonds. The summed E-state index contributed by atoms with van der Waals surface area (Å²) in [4.78, 5) is 25.2. The predicted octanol–water partition coefficient (Wildman–Crippen LogP) is 6.10. The number of para-hydroxylation sites is 1. The van der Waals surface area contributed by atoms with Gasteiger partial charge in [0, 0.05) is 36.0 Å². The van der Waals surface area contributed by atoms with E-state index in [-0.39, 0.29) is 11.8 Å². The number of halogens is 3. The number of anilines is 1. The molecule has 0 spiro atoms. The molecule has 2 aromatic carbocycles. The lowest BCUT2D eigenvalue weighted by Crippen LogP contribution is -2.17. The van der Waals surface area contributed by atoms with Gasteiger partial charge in [0.05, 0.1) is 5.56 Å². The Bertz CT molecular complexity index is 1570. The molecule has 38 heavy (non-hydrogen) atoms. The SMILES string of the molecule is Cc1ccccc1Oc1ncc(-c2ccc(NC(=O)c3cn(-c4ccccn4)nc3C(F)(F)F)cc2)cn1. The molecular weight excluding hydrogens is 497 g/mol. The van der Waals surface area contributed by atoms with Crippen LogP contribution in [0.2, 0.25) is 0 Å². The first kappa shape index (κ1) is 24.6. The van der Waals surface area contributed by atoms with Crippen molar-refractivity contribution < 1.29 is 22.7 Å². The number of carbonyl (C=O) groups is 1. The molecule has 8 nitrogen and oxygen atoms in total. The number of pyridine rings is 1. The zero-order valence-corrected chi connectivity index (χ0v) is 19.8. The van der Waals surface area contributed by atoms with E-state index in [0.29, 0.717) is 17.0 Å². The minimum atomic E-state index is -4.83. The first-order chi connectivity index (χ1) is 18.3. The second-order valence-electron chi connectivity index (χ2n) is 8.17. The number of hydrogen-bond donors (Lipinski definition) is 1. The molecule has 0 aliphatic heterocycles. The van der Waals surface area contributed by atoms with E-state index in [9.17, 15) is 18.0 Å². The summed E-state index contributed by atoms with van der Waals surface area (Å²) in [6, 6.07) is 18.9. The highest BCUT2D eigenvalue weighted by molar-refractivity contribution is 6.05. The molecule has 3 aromatic heterocycles. The number of alkyl halides is 3. The molecule has 0 bridgehead atoms. The Morgan fingerprint density at radius 2 is 1.61 bits per heavy atom. The largest absolute Gasteiger partial charge is 0.435 e. The molecule has 3 heterocycles. The lowest BCUT2D eigenvalue weighted by Gasteiger charge is -2.09. The van der Waals surface area contributed by atoms with Gasteiger partial charge in [-0.2, -0.15) is 18.3 Å². The Labute approximate surface area is 214 Å². The molecule has 190 valence electrons. The Morgan fingerprint density at radius 1 is 0.895 bits per heavy atom. The second-order valence-corrected chi connectivity index (χ2v) is 8.17. The number of nitrogens with zero attached hydrogens (tertiary/aromatic N) is 5. The van der Waals surface area contributed by atoms with Gasteiger partial charge in [0.15, 0.2) is 11.5 Å². The first-order valence-corrected chi connectivity index (χ1v) is 11.3. The molecular formula is C27H19F3N6O2. The fraction of sp³-hybridized carbons (Fsp3) is 0.0741. The number of nitrogens with one attached hydrogen (secondary N) is 1. The molecule has 0 aliphatic carbocycles. The maximum atomic E-state index is 13.6. The number of aromatic nitrogens is 5. The lowest BCUT2D eigenvalue weighted by atomic mass is 10.1. The molecule has 0 aliphatic rings. The second kappa shape index (κ2) is 10.1. The summed E-state index contributed by atoms with van der Waals surface area (Å²) >= 11 is 0. The Balaban J connectivity index is 1.31. The average Bonchev–Trinajstić information content (AvgIpc) is 3.38. The van der Waals surface area contributed by atoms with Crippen molar-refractivity contribution in [2.45, 2.75) is 13.1 Å². The summed E-state index contributed by atoms with van der Waals surface area (Å²) in [5, 5.41) is 6.04. The lowest BCUT2D eigenvalue weighted by molar-refractivity contribution is -0.141. The molecule has 5 aromatic rings. The van der Waals surface area contributed by atoms with Crippen molar-refractivity contribution in [2.24, 2.45) is 0 Å². The van der Waals surface area contributed by atoms with Crippen molar-refractivity contribution in [3.05, 3.63) is 108 Å². The maximum Gasteiger partial charge on any atom is 0.435 e. The highest BCUT2D eigenvalue weighted by Crippen LogP contribution is 2.32. The van der Waals surface area contributed by atoms with Crippen molar-refractivity contribution in [1.29, 1.82) is 0 Å². The smallest absolute Gasteiger partial charge is 0.424 e. The fourth-order valence-corrected chi connectivity index (χ4v) is 3.59.